The van der Waals surface area contributed by atoms with E-state index in [1.165, 1.54) is 0 Å². The molecule has 2 unspecified atom stereocenters. The minimum absolute atomic E-state index is 0.244. The van der Waals surface area contributed by atoms with Crippen LogP contribution in [0.25, 0.3) is 0 Å². The Labute approximate surface area is 83.0 Å². The van der Waals surface area contributed by atoms with Crippen LogP contribution in [0.4, 0.5) is 0 Å². The van der Waals surface area contributed by atoms with Crippen molar-refractivity contribution in [3.05, 3.63) is 0 Å². The smallest absolute Gasteiger partial charge is 0.320 e. The highest BCUT2D eigenvalue weighted by molar-refractivity contribution is 5.73. The standard InChI is InChI=1S/C9H17NO4/c11-6-7(12)5-10-4-2-1-3-8(10)9(13)14/h7-8,11-12H,1-6H2,(H,13,14). The molecule has 0 spiro atoms. The summed E-state index contributed by atoms with van der Waals surface area (Å²) in [4.78, 5) is 12.6. The second-order valence-electron chi connectivity index (χ2n) is 3.68. The molecule has 2 atom stereocenters. The van der Waals surface area contributed by atoms with Crippen molar-refractivity contribution in [2.24, 2.45) is 0 Å². The third-order valence-corrected chi connectivity index (χ3v) is 2.55. The van der Waals surface area contributed by atoms with Crippen LogP contribution in [0.3, 0.4) is 0 Å². The molecular formula is C9H17NO4. The summed E-state index contributed by atoms with van der Waals surface area (Å²) in [6, 6.07) is -0.495. The fourth-order valence-electron chi connectivity index (χ4n) is 1.82. The van der Waals surface area contributed by atoms with Gasteiger partial charge >= 0.3 is 5.97 Å². The van der Waals surface area contributed by atoms with Crippen LogP contribution in [0.2, 0.25) is 0 Å². The molecule has 0 aliphatic carbocycles. The molecule has 0 aromatic rings. The zero-order valence-corrected chi connectivity index (χ0v) is 8.09. The zero-order chi connectivity index (χ0) is 10.6. The number of carboxylic acids is 1. The molecule has 1 heterocycles. The van der Waals surface area contributed by atoms with Gasteiger partial charge in [-0.1, -0.05) is 6.42 Å². The lowest BCUT2D eigenvalue weighted by molar-refractivity contribution is -0.145. The topological polar surface area (TPSA) is 81.0 Å². The van der Waals surface area contributed by atoms with Gasteiger partial charge in [0.25, 0.3) is 0 Å². The summed E-state index contributed by atoms with van der Waals surface area (Å²) < 4.78 is 0. The maximum Gasteiger partial charge on any atom is 0.320 e. The molecule has 1 aliphatic heterocycles. The Morgan fingerprint density at radius 1 is 1.50 bits per heavy atom. The van der Waals surface area contributed by atoms with Crippen LogP contribution in [-0.4, -0.2) is 58.0 Å². The normalized spacial score (nSPS) is 26.0. The summed E-state index contributed by atoms with van der Waals surface area (Å²) in [5.41, 5.74) is 0. The first-order chi connectivity index (χ1) is 6.65. The third-order valence-electron chi connectivity index (χ3n) is 2.55. The van der Waals surface area contributed by atoms with Gasteiger partial charge in [0.05, 0.1) is 12.7 Å². The van der Waals surface area contributed by atoms with Crippen molar-refractivity contribution in [1.82, 2.24) is 4.90 Å². The van der Waals surface area contributed by atoms with Crippen molar-refractivity contribution < 1.29 is 20.1 Å². The maximum absolute atomic E-state index is 10.8. The van der Waals surface area contributed by atoms with Crippen molar-refractivity contribution in [3.63, 3.8) is 0 Å². The van der Waals surface area contributed by atoms with Gasteiger partial charge in [-0.15, -0.1) is 0 Å². The number of piperidine rings is 1. The van der Waals surface area contributed by atoms with Crippen LogP contribution >= 0.6 is 0 Å². The first-order valence-corrected chi connectivity index (χ1v) is 4.91. The predicted octanol–water partition coefficient (Wildman–Crippen LogP) is -0.721. The molecule has 5 heteroatoms. The summed E-state index contributed by atoms with van der Waals surface area (Å²) in [5, 5.41) is 26.8. The maximum atomic E-state index is 10.8. The highest BCUT2D eigenvalue weighted by atomic mass is 16.4. The molecule has 0 radical (unpaired) electrons. The first kappa shape index (κ1) is 11.4. The van der Waals surface area contributed by atoms with Gasteiger partial charge in [-0.25, -0.2) is 0 Å². The molecular weight excluding hydrogens is 186 g/mol. The van der Waals surface area contributed by atoms with E-state index in [2.05, 4.69) is 0 Å². The molecule has 5 nitrogen and oxygen atoms in total. The van der Waals surface area contributed by atoms with Crippen LogP contribution < -0.4 is 0 Å². The van der Waals surface area contributed by atoms with Crippen molar-refractivity contribution in [2.75, 3.05) is 19.7 Å². The Morgan fingerprint density at radius 2 is 2.21 bits per heavy atom. The summed E-state index contributed by atoms with van der Waals surface area (Å²) >= 11 is 0. The molecule has 0 aromatic heterocycles. The molecule has 1 aliphatic rings. The van der Waals surface area contributed by atoms with E-state index in [0.29, 0.717) is 13.0 Å². The average molecular weight is 203 g/mol. The molecule has 0 amide bonds. The fraction of sp³-hybridized carbons (Fsp3) is 0.889. The predicted molar refractivity (Wildman–Crippen MR) is 49.9 cm³/mol. The van der Waals surface area contributed by atoms with Gasteiger partial charge in [-0.05, 0) is 19.4 Å². The molecule has 82 valence electrons. The van der Waals surface area contributed by atoms with E-state index in [1.54, 1.807) is 4.90 Å². The van der Waals surface area contributed by atoms with E-state index in [1.807, 2.05) is 0 Å². The average Bonchev–Trinajstić information content (AvgIpc) is 2.18. The second-order valence-corrected chi connectivity index (χ2v) is 3.68. The Morgan fingerprint density at radius 3 is 2.79 bits per heavy atom. The molecule has 1 fully saturated rings. The molecule has 0 saturated carbocycles. The van der Waals surface area contributed by atoms with Crippen LogP contribution in [-0.2, 0) is 4.79 Å². The fourth-order valence-corrected chi connectivity index (χ4v) is 1.82. The first-order valence-electron chi connectivity index (χ1n) is 4.91. The molecule has 0 bridgehead atoms. The van der Waals surface area contributed by atoms with Crippen LogP contribution in [0.1, 0.15) is 19.3 Å². The SMILES string of the molecule is O=C(O)C1CCCCN1CC(O)CO. The number of hydrogen-bond donors (Lipinski definition) is 3. The zero-order valence-electron chi connectivity index (χ0n) is 8.09. The minimum atomic E-state index is -0.838. The summed E-state index contributed by atoms with van der Waals surface area (Å²) in [5.74, 6) is -0.838. The number of β-amino-alcohol motifs (C(OH)–C–C–N with tert-alkyl or cyclic N) is 1. The molecule has 14 heavy (non-hydrogen) atoms. The molecule has 3 N–H and O–H groups in total. The molecule has 0 aromatic carbocycles. The van der Waals surface area contributed by atoms with Gasteiger partial charge in [-0.2, -0.15) is 0 Å². The summed E-state index contributed by atoms with van der Waals surface area (Å²) in [6.07, 6.45) is 1.67. The number of carbonyl (C=O) groups is 1. The van der Waals surface area contributed by atoms with E-state index in [0.717, 1.165) is 12.8 Å². The van der Waals surface area contributed by atoms with Crippen molar-refractivity contribution in [1.29, 1.82) is 0 Å². The Balaban J connectivity index is 2.49. The Bertz CT molecular complexity index is 197. The van der Waals surface area contributed by atoms with Crippen LogP contribution in [0.5, 0.6) is 0 Å². The van der Waals surface area contributed by atoms with Crippen molar-refractivity contribution in [2.45, 2.75) is 31.4 Å². The lowest BCUT2D eigenvalue weighted by Crippen LogP contribution is -2.48. The van der Waals surface area contributed by atoms with E-state index >= 15 is 0 Å². The summed E-state index contributed by atoms with van der Waals surface area (Å²) in [6.45, 7) is 0.615. The van der Waals surface area contributed by atoms with Crippen molar-refractivity contribution >= 4 is 5.97 Å². The monoisotopic (exact) mass is 203 g/mol. The number of likely N-dealkylation sites (tertiary alicyclic amines) is 1. The van der Waals surface area contributed by atoms with Gasteiger partial charge in [0.15, 0.2) is 0 Å². The number of aliphatic hydroxyl groups excluding tert-OH is 2. The highest BCUT2D eigenvalue weighted by Crippen LogP contribution is 2.17. The van der Waals surface area contributed by atoms with E-state index in [-0.39, 0.29) is 13.2 Å². The molecule has 1 rings (SSSR count). The van der Waals surface area contributed by atoms with Crippen LogP contribution in [0, 0.1) is 0 Å². The van der Waals surface area contributed by atoms with Crippen LogP contribution in [0.15, 0.2) is 0 Å². The minimum Gasteiger partial charge on any atom is -0.480 e. The second kappa shape index (κ2) is 5.29. The van der Waals surface area contributed by atoms with Gasteiger partial charge in [-0.3, -0.25) is 9.69 Å². The number of carboxylic acid groups (broad SMARTS) is 1. The van der Waals surface area contributed by atoms with Gasteiger partial charge in [0.2, 0.25) is 0 Å². The number of rotatable bonds is 4. The number of aliphatic carboxylic acids is 1. The lowest BCUT2D eigenvalue weighted by atomic mass is 10.0. The van der Waals surface area contributed by atoms with E-state index in [4.69, 9.17) is 10.2 Å². The molecule has 1 saturated heterocycles. The Kier molecular flexibility index (Phi) is 4.31. The van der Waals surface area contributed by atoms with Gasteiger partial charge in [0, 0.05) is 6.54 Å². The number of aliphatic hydroxyl groups is 2. The van der Waals surface area contributed by atoms with Gasteiger partial charge in [0.1, 0.15) is 6.04 Å². The van der Waals surface area contributed by atoms with E-state index in [9.17, 15) is 9.90 Å². The van der Waals surface area contributed by atoms with Crippen molar-refractivity contribution in [3.8, 4) is 0 Å². The Hall–Kier alpha value is -0.650. The highest BCUT2D eigenvalue weighted by Gasteiger charge is 2.29. The number of nitrogens with zero attached hydrogens (tertiary/aromatic N) is 1. The quantitative estimate of drug-likeness (QED) is 0.561. The largest absolute Gasteiger partial charge is 0.480 e. The van der Waals surface area contributed by atoms with E-state index < -0.39 is 18.1 Å². The van der Waals surface area contributed by atoms with Gasteiger partial charge < -0.3 is 15.3 Å². The lowest BCUT2D eigenvalue weighted by Gasteiger charge is -2.33. The summed E-state index contributed by atoms with van der Waals surface area (Å²) in [7, 11) is 0. The number of hydrogen-bond acceptors (Lipinski definition) is 4. The third kappa shape index (κ3) is 2.94.